The third kappa shape index (κ3) is 2.81. The maximum absolute atomic E-state index is 11.7. The van der Waals surface area contributed by atoms with Gasteiger partial charge in [0, 0.05) is 6.92 Å². The number of hydrogen-bond donors (Lipinski definition) is 1. The predicted molar refractivity (Wildman–Crippen MR) is 51.4 cm³/mol. The first-order valence-electron chi connectivity index (χ1n) is 4.29. The van der Waals surface area contributed by atoms with Crippen molar-refractivity contribution in [2.45, 2.75) is 6.92 Å². The van der Waals surface area contributed by atoms with E-state index in [9.17, 15) is 9.59 Å². The molecule has 7 nitrogen and oxygen atoms in total. The lowest BCUT2D eigenvalue weighted by atomic mass is 10.4. The molecule has 0 atom stereocenters. The van der Waals surface area contributed by atoms with E-state index < -0.39 is 18.4 Å². The molecule has 0 saturated heterocycles. The van der Waals surface area contributed by atoms with Gasteiger partial charge in [0.1, 0.15) is 6.54 Å². The number of aryl methyl sites for hydroxylation is 1. The van der Waals surface area contributed by atoms with Crippen LogP contribution in [0.25, 0.3) is 0 Å². The molecule has 16 heavy (non-hydrogen) atoms. The summed E-state index contributed by atoms with van der Waals surface area (Å²) in [7, 11) is 0. The first-order valence-corrected chi connectivity index (χ1v) is 4.29. The Morgan fingerprint density at radius 1 is 1.62 bits per heavy atom. The minimum atomic E-state index is -1.16. The van der Waals surface area contributed by atoms with Crippen LogP contribution in [-0.4, -0.2) is 45.1 Å². The van der Waals surface area contributed by atoms with Crippen molar-refractivity contribution >= 4 is 11.9 Å². The van der Waals surface area contributed by atoms with E-state index in [4.69, 9.17) is 11.5 Å². The first-order chi connectivity index (χ1) is 7.54. The van der Waals surface area contributed by atoms with Crippen LogP contribution in [0, 0.1) is 19.3 Å². The summed E-state index contributed by atoms with van der Waals surface area (Å²) >= 11 is 0. The lowest BCUT2D eigenvalue weighted by molar-refractivity contribution is -0.137. The fourth-order valence-electron chi connectivity index (χ4n) is 1.00. The molecule has 0 fully saturated rings. The van der Waals surface area contributed by atoms with Crippen LogP contribution >= 0.6 is 0 Å². The molecule has 84 valence electrons. The molecule has 1 aromatic rings. The Hall–Kier alpha value is -2.36. The van der Waals surface area contributed by atoms with Gasteiger partial charge in [0.05, 0.1) is 6.54 Å². The van der Waals surface area contributed by atoms with Crippen molar-refractivity contribution < 1.29 is 19.2 Å². The van der Waals surface area contributed by atoms with Crippen molar-refractivity contribution in [1.29, 1.82) is 0 Å². The minimum Gasteiger partial charge on any atom is -0.480 e. The molecular formula is C9H9N3O4. The largest absolute Gasteiger partial charge is 0.480 e. The van der Waals surface area contributed by atoms with Crippen LogP contribution in [0.4, 0.5) is 0 Å². The number of aromatic nitrogens is 2. The van der Waals surface area contributed by atoms with Crippen molar-refractivity contribution in [2.75, 3.05) is 13.1 Å². The predicted octanol–water partition coefficient (Wildman–Crippen LogP) is -0.462. The van der Waals surface area contributed by atoms with E-state index in [1.807, 2.05) is 0 Å². The Labute approximate surface area is 91.0 Å². The van der Waals surface area contributed by atoms with Crippen molar-refractivity contribution in [3.63, 3.8) is 0 Å². The number of carboxylic acids is 1. The number of carbonyl (C=O) groups excluding carboxylic acids is 1. The van der Waals surface area contributed by atoms with Gasteiger partial charge in [0.15, 0.2) is 0 Å². The summed E-state index contributed by atoms with van der Waals surface area (Å²) in [6.45, 7) is 0.891. The fraction of sp³-hybridized carbons (Fsp3) is 0.333. The summed E-state index contributed by atoms with van der Waals surface area (Å²) in [5.41, 5.74) is 0. The van der Waals surface area contributed by atoms with Gasteiger partial charge in [-0.15, -0.1) is 6.42 Å². The van der Waals surface area contributed by atoms with Gasteiger partial charge in [-0.25, -0.2) is 0 Å². The summed E-state index contributed by atoms with van der Waals surface area (Å²) in [6.07, 6.45) is 5.03. The second kappa shape index (κ2) is 4.93. The van der Waals surface area contributed by atoms with Gasteiger partial charge in [-0.1, -0.05) is 11.1 Å². The number of aliphatic carboxylic acids is 1. The Balaban J connectivity index is 2.83. The molecule has 0 aromatic carbocycles. The zero-order valence-corrected chi connectivity index (χ0v) is 8.51. The minimum absolute atomic E-state index is 0.126. The van der Waals surface area contributed by atoms with E-state index in [1.54, 1.807) is 0 Å². The third-order valence-electron chi connectivity index (χ3n) is 1.61. The average Bonchev–Trinajstić information content (AvgIpc) is 2.62. The molecule has 1 heterocycles. The van der Waals surface area contributed by atoms with Crippen molar-refractivity contribution in [2.24, 2.45) is 0 Å². The van der Waals surface area contributed by atoms with Crippen molar-refractivity contribution in [1.82, 2.24) is 15.0 Å². The van der Waals surface area contributed by atoms with Gasteiger partial charge in [0.25, 0.3) is 11.7 Å². The SMILES string of the molecule is C#CCN(CC(=O)O)C(=O)c1noc(C)n1. The van der Waals surface area contributed by atoms with Crippen LogP contribution in [0.1, 0.15) is 16.5 Å². The highest BCUT2D eigenvalue weighted by molar-refractivity contribution is 5.92. The van der Waals surface area contributed by atoms with E-state index >= 15 is 0 Å². The normalized spacial score (nSPS) is 9.50. The molecular weight excluding hydrogens is 214 g/mol. The molecule has 1 N–H and O–H groups in total. The molecule has 0 saturated carbocycles. The lowest BCUT2D eigenvalue weighted by Crippen LogP contribution is -2.36. The highest BCUT2D eigenvalue weighted by Gasteiger charge is 2.22. The molecule has 0 aliphatic carbocycles. The topological polar surface area (TPSA) is 96.5 Å². The van der Waals surface area contributed by atoms with E-state index in [-0.39, 0.29) is 18.3 Å². The summed E-state index contributed by atoms with van der Waals surface area (Å²) in [4.78, 5) is 26.8. The maximum atomic E-state index is 11.7. The van der Waals surface area contributed by atoms with Gasteiger partial charge in [-0.2, -0.15) is 4.98 Å². The Morgan fingerprint density at radius 2 is 2.31 bits per heavy atom. The molecule has 7 heteroatoms. The summed E-state index contributed by atoms with van der Waals surface area (Å²) < 4.78 is 4.61. The van der Waals surface area contributed by atoms with Gasteiger partial charge in [0.2, 0.25) is 5.89 Å². The molecule has 0 radical (unpaired) electrons. The summed E-state index contributed by atoms with van der Waals surface area (Å²) in [5.74, 6) is 0.375. The van der Waals surface area contributed by atoms with Crippen molar-refractivity contribution in [3.05, 3.63) is 11.7 Å². The molecule has 0 aliphatic rings. The Kier molecular flexibility index (Phi) is 3.61. The van der Waals surface area contributed by atoms with Gasteiger partial charge < -0.3 is 14.5 Å². The van der Waals surface area contributed by atoms with Crippen LogP contribution in [0.15, 0.2) is 4.52 Å². The van der Waals surface area contributed by atoms with Gasteiger partial charge in [-0.05, 0) is 0 Å². The summed E-state index contributed by atoms with van der Waals surface area (Å²) in [5, 5.41) is 12.0. The first kappa shape index (κ1) is 11.7. The molecule has 1 rings (SSSR count). The number of amides is 1. The quantitative estimate of drug-likeness (QED) is 0.693. The number of rotatable bonds is 4. The zero-order valence-electron chi connectivity index (χ0n) is 8.51. The molecule has 1 amide bonds. The van der Waals surface area contributed by atoms with Gasteiger partial charge in [-0.3, -0.25) is 9.59 Å². The van der Waals surface area contributed by atoms with Crippen LogP contribution in [0.2, 0.25) is 0 Å². The van der Waals surface area contributed by atoms with Gasteiger partial charge >= 0.3 is 5.97 Å². The second-order valence-electron chi connectivity index (χ2n) is 2.90. The molecule has 0 spiro atoms. The smallest absolute Gasteiger partial charge is 0.323 e. The summed E-state index contributed by atoms with van der Waals surface area (Å²) in [6, 6.07) is 0. The fourth-order valence-corrected chi connectivity index (χ4v) is 1.00. The molecule has 0 unspecified atom stereocenters. The van der Waals surface area contributed by atoms with E-state index in [1.165, 1.54) is 6.92 Å². The number of hydrogen-bond acceptors (Lipinski definition) is 5. The standard InChI is InChI=1S/C9H9N3O4/c1-3-4-12(5-7(13)14)9(15)8-10-6(2)16-11-8/h1H,4-5H2,2H3,(H,13,14). The third-order valence-corrected chi connectivity index (χ3v) is 1.61. The van der Waals surface area contributed by atoms with Crippen LogP contribution in [0.3, 0.4) is 0 Å². The lowest BCUT2D eigenvalue weighted by Gasteiger charge is -2.14. The Morgan fingerprint density at radius 3 is 2.75 bits per heavy atom. The highest BCUT2D eigenvalue weighted by Crippen LogP contribution is 2.01. The number of nitrogens with zero attached hydrogens (tertiary/aromatic N) is 3. The molecule has 1 aromatic heterocycles. The molecule has 0 bridgehead atoms. The highest BCUT2D eigenvalue weighted by atomic mass is 16.5. The number of terminal acetylenes is 1. The Bertz CT molecular complexity index is 446. The van der Waals surface area contributed by atoms with Crippen LogP contribution in [0.5, 0.6) is 0 Å². The van der Waals surface area contributed by atoms with E-state index in [2.05, 4.69) is 20.6 Å². The van der Waals surface area contributed by atoms with Crippen LogP contribution in [-0.2, 0) is 4.79 Å². The average molecular weight is 223 g/mol. The van der Waals surface area contributed by atoms with Crippen LogP contribution < -0.4 is 0 Å². The van der Waals surface area contributed by atoms with Crippen molar-refractivity contribution in [3.8, 4) is 12.3 Å². The second-order valence-corrected chi connectivity index (χ2v) is 2.90. The maximum Gasteiger partial charge on any atom is 0.323 e. The van der Waals surface area contributed by atoms with E-state index in [0.717, 1.165) is 4.90 Å². The zero-order chi connectivity index (χ0) is 12.1. The number of carbonyl (C=O) groups is 2. The monoisotopic (exact) mass is 223 g/mol. The molecule has 0 aliphatic heterocycles. The number of carboxylic acid groups (broad SMARTS) is 1. The van der Waals surface area contributed by atoms with E-state index in [0.29, 0.717) is 0 Å².